The van der Waals surface area contributed by atoms with Crippen molar-refractivity contribution >= 4 is 31.5 Å². The third-order valence-electron chi connectivity index (χ3n) is 3.19. The van der Waals surface area contributed by atoms with E-state index in [-0.39, 0.29) is 0 Å². The number of rotatable bonds is 6. The van der Waals surface area contributed by atoms with Gasteiger partial charge in [0.05, 0.1) is 0 Å². The third-order valence-corrected chi connectivity index (χ3v) is 4.30. The van der Waals surface area contributed by atoms with Gasteiger partial charge >= 0.3 is 0 Å². The van der Waals surface area contributed by atoms with Crippen LogP contribution in [0.1, 0.15) is 0 Å². The van der Waals surface area contributed by atoms with Gasteiger partial charge in [0.25, 0.3) is 0 Å². The fourth-order valence-corrected chi connectivity index (χ4v) is 3.43. The molecule has 4 N–H and O–H groups in total. The number of thiophene rings is 1. The molecular formula is C16H18N2O2S. The Balaban J connectivity index is 1.98. The second-order valence-electron chi connectivity index (χ2n) is 4.69. The summed E-state index contributed by atoms with van der Waals surface area (Å²) in [5.41, 5.74) is 10.9. The Kier molecular flexibility index (Phi) is 4.24. The van der Waals surface area contributed by atoms with E-state index in [2.05, 4.69) is 24.3 Å². The highest BCUT2D eigenvalue weighted by molar-refractivity contribution is 7.25. The van der Waals surface area contributed by atoms with E-state index in [9.17, 15) is 0 Å². The van der Waals surface area contributed by atoms with Crippen molar-refractivity contribution in [2.45, 2.75) is 0 Å². The average Bonchev–Trinajstić information content (AvgIpc) is 2.87. The van der Waals surface area contributed by atoms with Crippen LogP contribution in [0.15, 0.2) is 36.4 Å². The van der Waals surface area contributed by atoms with Gasteiger partial charge in [-0.2, -0.15) is 0 Å². The fourth-order valence-electron chi connectivity index (χ4n) is 2.27. The van der Waals surface area contributed by atoms with Crippen molar-refractivity contribution in [3.8, 4) is 11.5 Å². The molecule has 0 bridgehead atoms. The van der Waals surface area contributed by atoms with Crippen molar-refractivity contribution in [3.05, 3.63) is 36.4 Å². The Labute approximate surface area is 127 Å². The summed E-state index contributed by atoms with van der Waals surface area (Å²) < 4.78 is 13.6. The maximum absolute atomic E-state index is 5.58. The van der Waals surface area contributed by atoms with Gasteiger partial charge in [-0.1, -0.05) is 0 Å². The standard InChI is InChI=1S/C16H18N2O2S/c17-5-7-19-11-1-3-13-14-4-2-12(20-8-6-18)10-16(14)21-15(13)9-11/h1-4,9-10H,5-8,17-18H2. The molecule has 1 aromatic heterocycles. The van der Waals surface area contributed by atoms with Crippen molar-refractivity contribution in [2.75, 3.05) is 26.3 Å². The number of hydrogen-bond acceptors (Lipinski definition) is 5. The molecule has 0 amide bonds. The molecule has 0 radical (unpaired) electrons. The highest BCUT2D eigenvalue weighted by Crippen LogP contribution is 2.37. The molecule has 0 aliphatic heterocycles. The van der Waals surface area contributed by atoms with Crippen LogP contribution in [0.5, 0.6) is 11.5 Å². The molecule has 2 aromatic carbocycles. The Bertz CT molecular complexity index is 692. The zero-order chi connectivity index (χ0) is 14.7. The van der Waals surface area contributed by atoms with E-state index in [1.807, 2.05) is 12.1 Å². The second kappa shape index (κ2) is 6.30. The van der Waals surface area contributed by atoms with Gasteiger partial charge in [0.2, 0.25) is 0 Å². The number of hydrogen-bond donors (Lipinski definition) is 2. The molecule has 0 saturated carbocycles. The predicted octanol–water partition coefficient (Wildman–Crippen LogP) is 2.73. The monoisotopic (exact) mass is 302 g/mol. The van der Waals surface area contributed by atoms with Crippen LogP contribution in [0, 0.1) is 0 Å². The summed E-state index contributed by atoms with van der Waals surface area (Å²) in [4.78, 5) is 0. The summed E-state index contributed by atoms with van der Waals surface area (Å²) in [6, 6.07) is 12.3. The molecule has 0 aliphatic rings. The minimum absolute atomic E-state index is 0.520. The largest absolute Gasteiger partial charge is 0.492 e. The van der Waals surface area contributed by atoms with Crippen LogP contribution in [-0.2, 0) is 0 Å². The number of nitrogens with two attached hydrogens (primary N) is 2. The Morgan fingerprint density at radius 2 is 1.24 bits per heavy atom. The van der Waals surface area contributed by atoms with Gasteiger partial charge in [-0.25, -0.2) is 0 Å². The van der Waals surface area contributed by atoms with E-state index >= 15 is 0 Å². The first kappa shape index (κ1) is 14.1. The average molecular weight is 302 g/mol. The van der Waals surface area contributed by atoms with Gasteiger partial charge in [0.1, 0.15) is 24.7 Å². The summed E-state index contributed by atoms with van der Waals surface area (Å²) in [5.74, 6) is 1.72. The van der Waals surface area contributed by atoms with Gasteiger partial charge in [-0.15, -0.1) is 11.3 Å². The first-order valence-electron chi connectivity index (χ1n) is 6.94. The molecule has 0 fully saturated rings. The van der Waals surface area contributed by atoms with E-state index in [1.165, 1.54) is 20.2 Å². The van der Waals surface area contributed by atoms with E-state index in [1.54, 1.807) is 11.3 Å². The molecule has 0 atom stereocenters. The molecule has 0 aliphatic carbocycles. The second-order valence-corrected chi connectivity index (χ2v) is 5.78. The zero-order valence-electron chi connectivity index (χ0n) is 11.7. The van der Waals surface area contributed by atoms with Gasteiger partial charge in [0.15, 0.2) is 0 Å². The minimum atomic E-state index is 0.520. The van der Waals surface area contributed by atoms with E-state index in [0.29, 0.717) is 26.3 Å². The van der Waals surface area contributed by atoms with Gasteiger partial charge < -0.3 is 20.9 Å². The van der Waals surface area contributed by atoms with Crippen molar-refractivity contribution in [1.29, 1.82) is 0 Å². The van der Waals surface area contributed by atoms with E-state index < -0.39 is 0 Å². The highest BCUT2D eigenvalue weighted by atomic mass is 32.1. The summed E-state index contributed by atoms with van der Waals surface area (Å²) >= 11 is 1.73. The molecule has 0 unspecified atom stereocenters. The van der Waals surface area contributed by atoms with Crippen LogP contribution in [0.4, 0.5) is 0 Å². The smallest absolute Gasteiger partial charge is 0.120 e. The molecule has 3 rings (SSSR count). The number of benzene rings is 2. The van der Waals surface area contributed by atoms with Crippen LogP contribution < -0.4 is 20.9 Å². The maximum Gasteiger partial charge on any atom is 0.120 e. The van der Waals surface area contributed by atoms with Crippen LogP contribution in [0.25, 0.3) is 20.2 Å². The van der Waals surface area contributed by atoms with Crippen molar-refractivity contribution in [2.24, 2.45) is 11.5 Å². The molecule has 0 spiro atoms. The first-order valence-corrected chi connectivity index (χ1v) is 7.75. The van der Waals surface area contributed by atoms with Gasteiger partial charge in [-0.05, 0) is 36.4 Å². The lowest BCUT2D eigenvalue weighted by molar-refractivity contribution is 0.328. The molecule has 5 heteroatoms. The van der Waals surface area contributed by atoms with Gasteiger partial charge in [0, 0.05) is 33.3 Å². The first-order chi connectivity index (χ1) is 10.3. The van der Waals surface area contributed by atoms with Gasteiger partial charge in [-0.3, -0.25) is 0 Å². The Morgan fingerprint density at radius 3 is 1.67 bits per heavy atom. The summed E-state index contributed by atoms with van der Waals surface area (Å²) in [6.45, 7) is 2.11. The summed E-state index contributed by atoms with van der Waals surface area (Å²) in [6.07, 6.45) is 0. The van der Waals surface area contributed by atoms with E-state index in [0.717, 1.165) is 11.5 Å². The Hall–Kier alpha value is -1.82. The minimum Gasteiger partial charge on any atom is -0.492 e. The third kappa shape index (κ3) is 2.95. The van der Waals surface area contributed by atoms with Crippen LogP contribution in [0.2, 0.25) is 0 Å². The topological polar surface area (TPSA) is 70.5 Å². The maximum atomic E-state index is 5.58. The fraction of sp³-hybridized carbons (Fsp3) is 0.250. The predicted molar refractivity (Wildman–Crippen MR) is 88.4 cm³/mol. The van der Waals surface area contributed by atoms with E-state index in [4.69, 9.17) is 20.9 Å². The Morgan fingerprint density at radius 1 is 0.762 bits per heavy atom. The molecule has 4 nitrogen and oxygen atoms in total. The van der Waals surface area contributed by atoms with Crippen LogP contribution in [-0.4, -0.2) is 26.3 Å². The molecule has 1 heterocycles. The molecular weight excluding hydrogens is 284 g/mol. The molecule has 110 valence electrons. The lowest BCUT2D eigenvalue weighted by Gasteiger charge is -2.04. The number of fused-ring (bicyclic) bond motifs is 3. The van der Waals surface area contributed by atoms with Crippen molar-refractivity contribution < 1.29 is 9.47 Å². The highest BCUT2D eigenvalue weighted by Gasteiger charge is 2.07. The zero-order valence-corrected chi connectivity index (χ0v) is 12.5. The van der Waals surface area contributed by atoms with Crippen LogP contribution >= 0.6 is 11.3 Å². The van der Waals surface area contributed by atoms with Crippen LogP contribution in [0.3, 0.4) is 0 Å². The number of ether oxygens (including phenoxy) is 2. The van der Waals surface area contributed by atoms with Crippen molar-refractivity contribution in [3.63, 3.8) is 0 Å². The normalized spacial score (nSPS) is 11.1. The van der Waals surface area contributed by atoms with Crippen molar-refractivity contribution in [1.82, 2.24) is 0 Å². The molecule has 0 saturated heterocycles. The SMILES string of the molecule is NCCOc1ccc2c(c1)sc1cc(OCCN)ccc12. The lowest BCUT2D eigenvalue weighted by Crippen LogP contribution is -2.10. The quantitative estimate of drug-likeness (QED) is 0.734. The lowest BCUT2D eigenvalue weighted by atomic mass is 10.1. The molecule has 21 heavy (non-hydrogen) atoms. The molecule has 3 aromatic rings. The summed E-state index contributed by atoms with van der Waals surface area (Å²) in [7, 11) is 0. The summed E-state index contributed by atoms with van der Waals surface area (Å²) in [5, 5.41) is 2.47.